The van der Waals surface area contributed by atoms with Crippen LogP contribution >= 0.6 is 11.6 Å². The summed E-state index contributed by atoms with van der Waals surface area (Å²) in [5.74, 6) is -0.411. The second kappa shape index (κ2) is 6.17. The van der Waals surface area contributed by atoms with Crippen molar-refractivity contribution in [1.29, 1.82) is 0 Å². The number of nitrogens with zero attached hydrogens (tertiary/aromatic N) is 2. The van der Waals surface area contributed by atoms with E-state index in [4.69, 9.17) is 11.6 Å². The van der Waals surface area contributed by atoms with Crippen LogP contribution in [0.5, 0.6) is 0 Å². The normalized spacial score (nSPS) is 11.2. The third kappa shape index (κ3) is 3.33. The largest absolute Gasteiger partial charge is 0.302 e. The average molecular weight is 282 g/mol. The molecule has 2 aromatic rings. The molecule has 19 heavy (non-hydrogen) atoms. The SMILES string of the molecule is CCCN(C)Cc1c[nH]nc1-c1ccc(F)c(Cl)c1. The lowest BCUT2D eigenvalue weighted by atomic mass is 10.1. The van der Waals surface area contributed by atoms with Crippen LogP contribution < -0.4 is 0 Å². The highest BCUT2D eigenvalue weighted by molar-refractivity contribution is 6.31. The van der Waals surface area contributed by atoms with Crippen molar-refractivity contribution < 1.29 is 4.39 Å². The molecule has 0 aliphatic heterocycles. The second-order valence-electron chi connectivity index (χ2n) is 4.63. The van der Waals surface area contributed by atoms with E-state index in [0.29, 0.717) is 0 Å². The molecule has 1 N–H and O–H groups in total. The van der Waals surface area contributed by atoms with Gasteiger partial charge >= 0.3 is 0 Å². The first-order chi connectivity index (χ1) is 9.11. The van der Waals surface area contributed by atoms with Crippen molar-refractivity contribution in [3.8, 4) is 11.3 Å². The zero-order valence-electron chi connectivity index (χ0n) is 11.1. The van der Waals surface area contributed by atoms with Crippen LogP contribution in [-0.2, 0) is 6.54 Å². The third-order valence-corrected chi connectivity index (χ3v) is 3.25. The van der Waals surface area contributed by atoms with Gasteiger partial charge < -0.3 is 4.90 Å². The standard InChI is InChI=1S/C14H17ClFN3/c1-3-6-19(2)9-11-8-17-18-14(11)10-4-5-13(16)12(15)7-10/h4-5,7-8H,3,6,9H2,1-2H3,(H,17,18). The van der Waals surface area contributed by atoms with Gasteiger partial charge in [-0.3, -0.25) is 5.10 Å². The quantitative estimate of drug-likeness (QED) is 0.906. The Bertz CT molecular complexity index is 553. The van der Waals surface area contributed by atoms with Gasteiger partial charge in [0.05, 0.1) is 10.7 Å². The molecule has 0 unspecified atom stereocenters. The molecule has 0 spiro atoms. The first-order valence-electron chi connectivity index (χ1n) is 6.28. The molecule has 1 aromatic heterocycles. The summed E-state index contributed by atoms with van der Waals surface area (Å²) >= 11 is 5.82. The lowest BCUT2D eigenvalue weighted by molar-refractivity contribution is 0.328. The van der Waals surface area contributed by atoms with E-state index in [1.54, 1.807) is 12.1 Å². The van der Waals surface area contributed by atoms with Crippen LogP contribution in [0.2, 0.25) is 5.02 Å². The van der Waals surface area contributed by atoms with Gasteiger partial charge in [-0.05, 0) is 38.2 Å². The molecule has 1 aromatic carbocycles. The number of hydrogen-bond acceptors (Lipinski definition) is 2. The van der Waals surface area contributed by atoms with Gasteiger partial charge in [0.1, 0.15) is 5.82 Å². The van der Waals surface area contributed by atoms with Crippen LogP contribution in [0, 0.1) is 5.82 Å². The topological polar surface area (TPSA) is 31.9 Å². The molecule has 102 valence electrons. The Morgan fingerprint density at radius 2 is 2.21 bits per heavy atom. The smallest absolute Gasteiger partial charge is 0.141 e. The maximum Gasteiger partial charge on any atom is 0.141 e. The van der Waals surface area contributed by atoms with E-state index in [0.717, 1.165) is 36.3 Å². The molecule has 0 fully saturated rings. The number of H-pyrrole nitrogens is 1. The summed E-state index contributed by atoms with van der Waals surface area (Å²) in [6.45, 7) is 3.97. The van der Waals surface area contributed by atoms with Crippen molar-refractivity contribution >= 4 is 11.6 Å². The molecule has 0 saturated carbocycles. The first-order valence-corrected chi connectivity index (χ1v) is 6.66. The van der Waals surface area contributed by atoms with E-state index >= 15 is 0 Å². The minimum absolute atomic E-state index is 0.119. The maximum absolute atomic E-state index is 13.2. The van der Waals surface area contributed by atoms with Gasteiger partial charge in [0.15, 0.2) is 0 Å². The van der Waals surface area contributed by atoms with Gasteiger partial charge in [0, 0.05) is 23.9 Å². The molecule has 3 nitrogen and oxygen atoms in total. The number of nitrogens with one attached hydrogen (secondary N) is 1. The van der Waals surface area contributed by atoms with Gasteiger partial charge in [0.25, 0.3) is 0 Å². The summed E-state index contributed by atoms with van der Waals surface area (Å²) in [5, 5.41) is 7.22. The Labute approximate surface area is 117 Å². The Kier molecular flexibility index (Phi) is 4.56. The van der Waals surface area contributed by atoms with Gasteiger partial charge in [-0.15, -0.1) is 0 Å². The average Bonchev–Trinajstić information content (AvgIpc) is 2.81. The van der Waals surface area contributed by atoms with Crippen molar-refractivity contribution in [3.05, 3.63) is 40.8 Å². The molecule has 0 atom stereocenters. The Morgan fingerprint density at radius 3 is 2.89 bits per heavy atom. The Hall–Kier alpha value is -1.39. The zero-order valence-corrected chi connectivity index (χ0v) is 11.8. The monoisotopic (exact) mass is 281 g/mol. The number of aromatic nitrogens is 2. The Morgan fingerprint density at radius 1 is 1.42 bits per heavy atom. The molecule has 0 aliphatic carbocycles. The van der Waals surface area contributed by atoms with Crippen LogP contribution in [-0.4, -0.2) is 28.7 Å². The molecular formula is C14H17ClFN3. The number of rotatable bonds is 5. The van der Waals surface area contributed by atoms with E-state index in [9.17, 15) is 4.39 Å². The van der Waals surface area contributed by atoms with Gasteiger partial charge in [-0.2, -0.15) is 5.10 Å². The van der Waals surface area contributed by atoms with Crippen LogP contribution in [0.4, 0.5) is 4.39 Å². The molecule has 0 aliphatic rings. The van der Waals surface area contributed by atoms with Crippen LogP contribution in [0.25, 0.3) is 11.3 Å². The first kappa shape index (κ1) is 14.0. The number of hydrogen-bond donors (Lipinski definition) is 1. The van der Waals surface area contributed by atoms with Crippen molar-refractivity contribution in [2.45, 2.75) is 19.9 Å². The van der Waals surface area contributed by atoms with Gasteiger partial charge in [-0.25, -0.2) is 4.39 Å². The van der Waals surface area contributed by atoms with Gasteiger partial charge in [-0.1, -0.05) is 18.5 Å². The highest BCUT2D eigenvalue weighted by Crippen LogP contribution is 2.26. The fourth-order valence-electron chi connectivity index (χ4n) is 2.08. The summed E-state index contributed by atoms with van der Waals surface area (Å²) < 4.78 is 13.2. The van der Waals surface area contributed by atoms with Crippen molar-refractivity contribution in [1.82, 2.24) is 15.1 Å². The molecule has 0 saturated heterocycles. The predicted molar refractivity (Wildman–Crippen MR) is 75.6 cm³/mol. The number of aromatic amines is 1. The molecule has 0 bridgehead atoms. The van der Waals surface area contributed by atoms with E-state index in [1.165, 1.54) is 6.07 Å². The van der Waals surface area contributed by atoms with E-state index in [-0.39, 0.29) is 5.02 Å². The third-order valence-electron chi connectivity index (χ3n) is 2.96. The predicted octanol–water partition coefficient (Wildman–Crippen LogP) is 3.71. The molecular weight excluding hydrogens is 265 g/mol. The van der Waals surface area contributed by atoms with Crippen LogP contribution in [0.1, 0.15) is 18.9 Å². The molecule has 0 amide bonds. The summed E-state index contributed by atoms with van der Waals surface area (Å²) in [6.07, 6.45) is 2.98. The second-order valence-corrected chi connectivity index (χ2v) is 5.03. The van der Waals surface area contributed by atoms with E-state index in [2.05, 4.69) is 29.1 Å². The van der Waals surface area contributed by atoms with Crippen LogP contribution in [0.3, 0.4) is 0 Å². The fraction of sp³-hybridized carbons (Fsp3) is 0.357. The minimum atomic E-state index is -0.411. The Balaban J connectivity index is 2.25. The summed E-state index contributed by atoms with van der Waals surface area (Å²) in [4.78, 5) is 2.22. The fourth-order valence-corrected chi connectivity index (χ4v) is 2.26. The zero-order chi connectivity index (χ0) is 13.8. The van der Waals surface area contributed by atoms with Crippen molar-refractivity contribution in [2.75, 3.05) is 13.6 Å². The summed E-state index contributed by atoms with van der Waals surface area (Å²) in [7, 11) is 2.07. The molecule has 0 radical (unpaired) electrons. The summed E-state index contributed by atoms with van der Waals surface area (Å²) in [5.41, 5.74) is 2.73. The lowest BCUT2D eigenvalue weighted by Gasteiger charge is -2.15. The van der Waals surface area contributed by atoms with E-state index in [1.807, 2.05) is 6.20 Å². The molecule has 2 rings (SSSR count). The highest BCUT2D eigenvalue weighted by atomic mass is 35.5. The van der Waals surface area contributed by atoms with Crippen molar-refractivity contribution in [3.63, 3.8) is 0 Å². The van der Waals surface area contributed by atoms with Crippen molar-refractivity contribution in [2.24, 2.45) is 0 Å². The maximum atomic E-state index is 13.2. The van der Waals surface area contributed by atoms with Gasteiger partial charge in [0.2, 0.25) is 0 Å². The minimum Gasteiger partial charge on any atom is -0.302 e. The highest BCUT2D eigenvalue weighted by Gasteiger charge is 2.12. The number of benzene rings is 1. The molecule has 5 heteroatoms. The molecule has 1 heterocycles. The number of halogens is 2. The van der Waals surface area contributed by atoms with Crippen LogP contribution in [0.15, 0.2) is 24.4 Å². The van der Waals surface area contributed by atoms with E-state index < -0.39 is 5.82 Å². The lowest BCUT2D eigenvalue weighted by Crippen LogP contribution is -2.18. The summed E-state index contributed by atoms with van der Waals surface area (Å²) in [6, 6.07) is 4.67.